The van der Waals surface area contributed by atoms with Crippen LogP contribution in [0.5, 0.6) is 0 Å². The molecule has 0 saturated heterocycles. The van der Waals surface area contributed by atoms with Crippen molar-refractivity contribution in [2.45, 2.75) is 58.0 Å². The maximum Gasteiger partial charge on any atom is 0.244 e. The minimum atomic E-state index is -3.48. The summed E-state index contributed by atoms with van der Waals surface area (Å²) in [6.45, 7) is 8.89. The molecule has 1 unspecified atom stereocenters. The Balaban J connectivity index is 2.01. The zero-order valence-electron chi connectivity index (χ0n) is 13.3. The normalized spacial score (nSPS) is 17.4. The second-order valence-corrected chi connectivity index (χ2v) is 8.07. The molecule has 0 bridgehead atoms. The fraction of sp³-hybridized carbons (Fsp3) is 0.733. The monoisotopic (exact) mass is 314 g/mol. The van der Waals surface area contributed by atoms with Crippen LogP contribution in [0.15, 0.2) is 15.4 Å². The average molecular weight is 314 g/mol. The summed E-state index contributed by atoms with van der Waals surface area (Å²) < 4.78 is 33.0. The molecule has 1 heterocycles. The van der Waals surface area contributed by atoms with Crippen molar-refractivity contribution in [2.75, 3.05) is 6.54 Å². The van der Waals surface area contributed by atoms with E-state index in [2.05, 4.69) is 17.0 Å². The van der Waals surface area contributed by atoms with Crippen LogP contribution in [0.1, 0.15) is 45.1 Å². The Bertz CT molecular complexity index is 574. The van der Waals surface area contributed by atoms with E-state index in [4.69, 9.17) is 4.42 Å². The summed E-state index contributed by atoms with van der Waals surface area (Å²) in [7, 11) is -3.48. The lowest BCUT2D eigenvalue weighted by Gasteiger charge is -2.11. The van der Waals surface area contributed by atoms with E-state index in [0.29, 0.717) is 42.5 Å². The molecule has 6 heteroatoms. The molecule has 1 aliphatic rings. The Kier molecular flexibility index (Phi) is 5.11. The molecule has 1 atom stereocenters. The lowest BCUT2D eigenvalue weighted by atomic mass is 10.1. The first-order chi connectivity index (χ1) is 9.79. The summed E-state index contributed by atoms with van der Waals surface area (Å²) in [5, 5.41) is 3.22. The van der Waals surface area contributed by atoms with Crippen molar-refractivity contribution in [1.82, 2.24) is 10.0 Å². The van der Waals surface area contributed by atoms with Gasteiger partial charge in [0.2, 0.25) is 10.0 Å². The van der Waals surface area contributed by atoms with Crippen LogP contribution in [0.2, 0.25) is 0 Å². The van der Waals surface area contributed by atoms with Gasteiger partial charge < -0.3 is 9.73 Å². The Labute approximate surface area is 127 Å². The molecule has 2 N–H and O–H groups in total. The van der Waals surface area contributed by atoms with Crippen LogP contribution in [-0.4, -0.2) is 21.0 Å². The molecule has 1 aliphatic carbocycles. The highest BCUT2D eigenvalue weighted by molar-refractivity contribution is 7.89. The quantitative estimate of drug-likeness (QED) is 0.773. The van der Waals surface area contributed by atoms with Gasteiger partial charge >= 0.3 is 0 Å². The SMILES string of the molecule is Cc1oc(CNC(C)C)cc1S(=O)(=O)NCC(C)C1CC1. The second-order valence-electron chi connectivity index (χ2n) is 6.34. The average Bonchev–Trinajstić information content (AvgIpc) is 3.17. The number of nitrogens with one attached hydrogen (secondary N) is 2. The third-order valence-electron chi connectivity index (χ3n) is 3.92. The first-order valence-electron chi connectivity index (χ1n) is 7.62. The fourth-order valence-corrected chi connectivity index (χ4v) is 3.68. The van der Waals surface area contributed by atoms with Gasteiger partial charge in [0.25, 0.3) is 0 Å². The highest BCUT2D eigenvalue weighted by Gasteiger charge is 2.29. The smallest absolute Gasteiger partial charge is 0.244 e. The van der Waals surface area contributed by atoms with Crippen LogP contribution >= 0.6 is 0 Å². The van der Waals surface area contributed by atoms with Gasteiger partial charge in [0, 0.05) is 18.7 Å². The van der Waals surface area contributed by atoms with Crippen molar-refractivity contribution in [2.24, 2.45) is 11.8 Å². The zero-order valence-corrected chi connectivity index (χ0v) is 14.1. The molecular weight excluding hydrogens is 288 g/mol. The zero-order chi connectivity index (χ0) is 15.6. The molecule has 1 aromatic heterocycles. The van der Waals surface area contributed by atoms with E-state index in [1.165, 1.54) is 12.8 Å². The largest absolute Gasteiger partial charge is 0.464 e. The van der Waals surface area contributed by atoms with Gasteiger partial charge in [-0.15, -0.1) is 0 Å². The minimum absolute atomic E-state index is 0.256. The van der Waals surface area contributed by atoms with Crippen LogP contribution in [0.25, 0.3) is 0 Å². The van der Waals surface area contributed by atoms with Gasteiger partial charge in [-0.2, -0.15) is 0 Å². The lowest BCUT2D eigenvalue weighted by Crippen LogP contribution is -2.29. The highest BCUT2D eigenvalue weighted by Crippen LogP contribution is 2.36. The van der Waals surface area contributed by atoms with E-state index < -0.39 is 10.0 Å². The first-order valence-corrected chi connectivity index (χ1v) is 9.10. The lowest BCUT2D eigenvalue weighted by molar-refractivity contribution is 0.443. The summed E-state index contributed by atoms with van der Waals surface area (Å²) in [6, 6.07) is 1.95. The maximum absolute atomic E-state index is 12.4. The van der Waals surface area contributed by atoms with Crippen LogP contribution in [0.3, 0.4) is 0 Å². The molecule has 0 radical (unpaired) electrons. The van der Waals surface area contributed by atoms with E-state index >= 15 is 0 Å². The van der Waals surface area contributed by atoms with Crippen LogP contribution < -0.4 is 10.0 Å². The van der Waals surface area contributed by atoms with Crippen molar-refractivity contribution in [3.8, 4) is 0 Å². The Morgan fingerprint density at radius 1 is 1.33 bits per heavy atom. The van der Waals surface area contributed by atoms with E-state index in [1.807, 2.05) is 13.8 Å². The minimum Gasteiger partial charge on any atom is -0.464 e. The molecule has 0 spiro atoms. The number of furan rings is 1. The summed E-state index contributed by atoms with van der Waals surface area (Å²) in [5.74, 6) is 2.18. The standard InChI is InChI=1S/C15H26N2O3S/c1-10(2)16-9-14-7-15(12(4)20-14)21(18,19)17-8-11(3)13-5-6-13/h7,10-11,13,16-17H,5-6,8-9H2,1-4H3. The van der Waals surface area contributed by atoms with Crippen LogP contribution in [0, 0.1) is 18.8 Å². The number of hydrogen-bond acceptors (Lipinski definition) is 4. The fourth-order valence-electron chi connectivity index (χ4n) is 2.33. The van der Waals surface area contributed by atoms with E-state index in [0.717, 1.165) is 0 Å². The van der Waals surface area contributed by atoms with Crippen molar-refractivity contribution in [3.63, 3.8) is 0 Å². The van der Waals surface area contributed by atoms with Gasteiger partial charge in [0.05, 0.1) is 6.54 Å². The molecule has 1 aromatic rings. The molecular formula is C15H26N2O3S. The van der Waals surface area contributed by atoms with Crippen molar-refractivity contribution in [3.05, 3.63) is 17.6 Å². The highest BCUT2D eigenvalue weighted by atomic mass is 32.2. The summed E-state index contributed by atoms with van der Waals surface area (Å²) in [5.41, 5.74) is 0. The van der Waals surface area contributed by atoms with Crippen molar-refractivity contribution in [1.29, 1.82) is 0 Å². The molecule has 1 fully saturated rings. The van der Waals surface area contributed by atoms with Crippen LogP contribution in [0.4, 0.5) is 0 Å². The topological polar surface area (TPSA) is 71.3 Å². The summed E-state index contributed by atoms with van der Waals surface area (Å²) in [4.78, 5) is 0.256. The van der Waals surface area contributed by atoms with E-state index in [1.54, 1.807) is 13.0 Å². The van der Waals surface area contributed by atoms with Crippen molar-refractivity contribution >= 4 is 10.0 Å². The second kappa shape index (κ2) is 6.50. The Morgan fingerprint density at radius 3 is 2.57 bits per heavy atom. The first kappa shape index (κ1) is 16.5. The number of rotatable bonds is 8. The molecule has 5 nitrogen and oxygen atoms in total. The van der Waals surface area contributed by atoms with Crippen molar-refractivity contribution < 1.29 is 12.8 Å². The molecule has 1 saturated carbocycles. The molecule has 0 aromatic carbocycles. The van der Waals surface area contributed by atoms with E-state index in [9.17, 15) is 8.42 Å². The molecule has 2 rings (SSSR count). The number of hydrogen-bond donors (Lipinski definition) is 2. The van der Waals surface area contributed by atoms with Gasteiger partial charge in [-0.25, -0.2) is 13.1 Å². The van der Waals surface area contributed by atoms with Gasteiger partial charge in [-0.05, 0) is 31.6 Å². The predicted molar refractivity (Wildman–Crippen MR) is 82.5 cm³/mol. The molecule has 0 amide bonds. The van der Waals surface area contributed by atoms with Gasteiger partial charge in [-0.1, -0.05) is 20.8 Å². The van der Waals surface area contributed by atoms with Gasteiger partial charge in [0.15, 0.2) is 0 Å². The molecule has 21 heavy (non-hydrogen) atoms. The summed E-state index contributed by atoms with van der Waals surface area (Å²) in [6.07, 6.45) is 2.44. The van der Waals surface area contributed by atoms with Gasteiger partial charge in [-0.3, -0.25) is 0 Å². The Hall–Kier alpha value is -0.850. The third-order valence-corrected chi connectivity index (χ3v) is 5.45. The number of aryl methyl sites for hydroxylation is 1. The summed E-state index contributed by atoms with van der Waals surface area (Å²) >= 11 is 0. The predicted octanol–water partition coefficient (Wildman–Crippen LogP) is 2.41. The van der Waals surface area contributed by atoms with Crippen LogP contribution in [-0.2, 0) is 16.6 Å². The maximum atomic E-state index is 12.4. The molecule has 120 valence electrons. The Morgan fingerprint density at radius 2 is 2.00 bits per heavy atom. The van der Waals surface area contributed by atoms with Gasteiger partial charge in [0.1, 0.15) is 16.4 Å². The third kappa shape index (κ3) is 4.56. The number of sulfonamides is 1. The molecule has 0 aliphatic heterocycles. The van der Waals surface area contributed by atoms with E-state index in [-0.39, 0.29) is 4.90 Å².